The number of esters is 1. The van der Waals surface area contributed by atoms with E-state index in [1.165, 1.54) is 31.2 Å². The van der Waals surface area contributed by atoms with Gasteiger partial charge in [0.15, 0.2) is 6.10 Å². The highest BCUT2D eigenvalue weighted by molar-refractivity contribution is 7.92. The summed E-state index contributed by atoms with van der Waals surface area (Å²) in [6.07, 6.45) is 0.379. The minimum atomic E-state index is -3.35. The van der Waals surface area contributed by atoms with Crippen LogP contribution in [0.2, 0.25) is 0 Å². The first-order chi connectivity index (χ1) is 9.23. The van der Waals surface area contributed by atoms with Gasteiger partial charge in [-0.15, -0.1) is 0 Å². The van der Waals surface area contributed by atoms with Gasteiger partial charge < -0.3 is 4.74 Å². The zero-order chi connectivity index (χ0) is 15.3. The van der Waals surface area contributed by atoms with Gasteiger partial charge in [0, 0.05) is 17.7 Å². The second-order valence-electron chi connectivity index (χ2n) is 4.30. The fraction of sp³-hybridized carbons (Fsp3) is 0.385. The first kappa shape index (κ1) is 16.2. The van der Waals surface area contributed by atoms with Crippen molar-refractivity contribution in [3.8, 4) is 0 Å². The molecule has 0 spiro atoms. The van der Waals surface area contributed by atoms with Crippen molar-refractivity contribution in [2.45, 2.75) is 26.4 Å². The predicted molar refractivity (Wildman–Crippen MR) is 75.1 cm³/mol. The number of hydrogen-bond acceptors (Lipinski definition) is 5. The Morgan fingerprint density at radius 2 is 1.80 bits per heavy atom. The number of sulfonamides is 1. The Labute approximate surface area is 118 Å². The highest BCUT2D eigenvalue weighted by atomic mass is 32.2. The molecule has 1 N–H and O–H groups in total. The summed E-state index contributed by atoms with van der Waals surface area (Å²) in [5.74, 6) is -0.779. The SMILES string of the molecule is CCC(=O)OC(C)C(=O)c1ccc(NS(C)(=O)=O)cc1. The molecule has 0 aromatic heterocycles. The molecule has 7 heteroatoms. The van der Waals surface area contributed by atoms with Crippen LogP contribution in [0, 0.1) is 0 Å². The Kier molecular flexibility index (Phi) is 5.26. The Bertz CT molecular complexity index is 592. The number of carbonyl (C=O) groups excluding carboxylic acids is 2. The second-order valence-corrected chi connectivity index (χ2v) is 6.05. The van der Waals surface area contributed by atoms with Crippen molar-refractivity contribution in [1.82, 2.24) is 0 Å². The van der Waals surface area contributed by atoms with E-state index in [0.29, 0.717) is 11.3 Å². The lowest BCUT2D eigenvalue weighted by Crippen LogP contribution is -2.24. The average molecular weight is 299 g/mol. The highest BCUT2D eigenvalue weighted by Crippen LogP contribution is 2.13. The molecule has 110 valence electrons. The van der Waals surface area contributed by atoms with Crippen molar-refractivity contribution in [3.05, 3.63) is 29.8 Å². The fourth-order valence-corrected chi connectivity index (χ4v) is 2.05. The van der Waals surface area contributed by atoms with Crippen molar-refractivity contribution < 1.29 is 22.7 Å². The Balaban J connectivity index is 2.78. The molecule has 0 bridgehead atoms. The number of hydrogen-bond donors (Lipinski definition) is 1. The normalized spacial score (nSPS) is 12.6. The van der Waals surface area contributed by atoms with Crippen LogP contribution in [0.3, 0.4) is 0 Å². The lowest BCUT2D eigenvalue weighted by atomic mass is 10.1. The monoisotopic (exact) mass is 299 g/mol. The van der Waals surface area contributed by atoms with Crippen LogP contribution in [0.5, 0.6) is 0 Å². The van der Waals surface area contributed by atoms with E-state index < -0.39 is 22.1 Å². The third-order valence-corrected chi connectivity index (χ3v) is 3.05. The molecule has 0 aliphatic rings. The number of anilines is 1. The van der Waals surface area contributed by atoms with Crippen LogP contribution in [-0.4, -0.2) is 32.5 Å². The molecule has 0 radical (unpaired) electrons. The molecule has 1 atom stereocenters. The molecule has 1 unspecified atom stereocenters. The van der Waals surface area contributed by atoms with Gasteiger partial charge in [-0.05, 0) is 31.2 Å². The molecule has 6 nitrogen and oxygen atoms in total. The van der Waals surface area contributed by atoms with Crippen molar-refractivity contribution >= 4 is 27.5 Å². The molecule has 1 aromatic carbocycles. The first-order valence-electron chi connectivity index (χ1n) is 6.04. The summed E-state index contributed by atoms with van der Waals surface area (Å²) in [5, 5.41) is 0. The van der Waals surface area contributed by atoms with Gasteiger partial charge in [-0.25, -0.2) is 8.42 Å². The Morgan fingerprint density at radius 1 is 1.25 bits per heavy atom. The summed E-state index contributed by atoms with van der Waals surface area (Å²) in [4.78, 5) is 23.1. The van der Waals surface area contributed by atoms with Gasteiger partial charge in [0.2, 0.25) is 15.8 Å². The van der Waals surface area contributed by atoms with Gasteiger partial charge in [-0.3, -0.25) is 14.3 Å². The first-order valence-corrected chi connectivity index (χ1v) is 7.93. The van der Waals surface area contributed by atoms with Crippen LogP contribution in [0.4, 0.5) is 5.69 Å². The maximum atomic E-state index is 12.0. The number of carbonyl (C=O) groups is 2. The summed E-state index contributed by atoms with van der Waals surface area (Å²) in [7, 11) is -3.35. The van der Waals surface area contributed by atoms with Gasteiger partial charge in [0.25, 0.3) is 0 Å². The summed E-state index contributed by atoms with van der Waals surface area (Å²) in [6.45, 7) is 3.14. The van der Waals surface area contributed by atoms with Crippen LogP contribution >= 0.6 is 0 Å². The van der Waals surface area contributed by atoms with Crippen molar-refractivity contribution in [2.75, 3.05) is 11.0 Å². The van der Waals surface area contributed by atoms with Crippen molar-refractivity contribution in [2.24, 2.45) is 0 Å². The quantitative estimate of drug-likeness (QED) is 0.636. The van der Waals surface area contributed by atoms with Crippen LogP contribution in [-0.2, 0) is 19.6 Å². The summed E-state index contributed by atoms with van der Waals surface area (Å²) in [6, 6.07) is 5.91. The summed E-state index contributed by atoms with van der Waals surface area (Å²) >= 11 is 0. The highest BCUT2D eigenvalue weighted by Gasteiger charge is 2.18. The minimum absolute atomic E-state index is 0.203. The van der Waals surface area contributed by atoms with Gasteiger partial charge in [0.05, 0.1) is 6.26 Å². The van der Waals surface area contributed by atoms with Crippen LogP contribution in [0.25, 0.3) is 0 Å². The van der Waals surface area contributed by atoms with Gasteiger partial charge in [-0.1, -0.05) is 6.92 Å². The Morgan fingerprint density at radius 3 is 2.25 bits per heavy atom. The third kappa shape index (κ3) is 5.00. The van der Waals surface area contributed by atoms with Gasteiger partial charge in [0.1, 0.15) is 0 Å². The number of rotatable bonds is 6. The minimum Gasteiger partial charge on any atom is -0.454 e. The molecule has 0 saturated carbocycles. The molecule has 20 heavy (non-hydrogen) atoms. The fourth-order valence-electron chi connectivity index (χ4n) is 1.49. The summed E-state index contributed by atoms with van der Waals surface area (Å²) < 4.78 is 29.3. The molecule has 0 aliphatic carbocycles. The van der Waals surface area contributed by atoms with Crippen LogP contribution in [0.15, 0.2) is 24.3 Å². The average Bonchev–Trinajstić information content (AvgIpc) is 2.36. The van der Waals surface area contributed by atoms with E-state index in [0.717, 1.165) is 6.26 Å². The van der Waals surface area contributed by atoms with E-state index in [1.54, 1.807) is 6.92 Å². The summed E-state index contributed by atoms with van der Waals surface area (Å²) in [5.41, 5.74) is 0.711. The zero-order valence-corrected chi connectivity index (χ0v) is 12.4. The Hall–Kier alpha value is -1.89. The predicted octanol–water partition coefficient (Wildman–Crippen LogP) is 1.58. The van der Waals surface area contributed by atoms with E-state index in [1.807, 2.05) is 0 Å². The zero-order valence-electron chi connectivity index (χ0n) is 11.5. The van der Waals surface area contributed by atoms with E-state index in [9.17, 15) is 18.0 Å². The van der Waals surface area contributed by atoms with E-state index in [2.05, 4.69) is 4.72 Å². The lowest BCUT2D eigenvalue weighted by Gasteiger charge is -2.12. The van der Waals surface area contributed by atoms with Gasteiger partial charge in [-0.2, -0.15) is 0 Å². The lowest BCUT2D eigenvalue weighted by molar-refractivity contribution is -0.145. The number of Topliss-reactive ketones (excluding diaryl/α,β-unsaturated/α-hetero) is 1. The number of benzene rings is 1. The largest absolute Gasteiger partial charge is 0.454 e. The van der Waals surface area contributed by atoms with E-state index in [-0.39, 0.29) is 12.2 Å². The topological polar surface area (TPSA) is 89.5 Å². The van der Waals surface area contributed by atoms with E-state index in [4.69, 9.17) is 4.74 Å². The van der Waals surface area contributed by atoms with E-state index >= 15 is 0 Å². The standard InChI is InChI=1S/C13H17NO5S/c1-4-12(15)19-9(2)13(16)10-5-7-11(8-6-10)14-20(3,17)18/h5-9,14H,4H2,1-3H3. The molecular weight excluding hydrogens is 282 g/mol. The number of nitrogens with one attached hydrogen (secondary N) is 1. The van der Waals surface area contributed by atoms with Crippen LogP contribution in [0.1, 0.15) is 30.6 Å². The maximum Gasteiger partial charge on any atom is 0.306 e. The van der Waals surface area contributed by atoms with Crippen LogP contribution < -0.4 is 4.72 Å². The molecule has 1 aromatic rings. The van der Waals surface area contributed by atoms with Crippen molar-refractivity contribution in [1.29, 1.82) is 0 Å². The molecule has 0 aliphatic heterocycles. The number of ketones is 1. The second kappa shape index (κ2) is 6.51. The van der Waals surface area contributed by atoms with Gasteiger partial charge >= 0.3 is 5.97 Å². The molecule has 0 heterocycles. The van der Waals surface area contributed by atoms with Crippen molar-refractivity contribution in [3.63, 3.8) is 0 Å². The molecular formula is C13H17NO5S. The molecule has 1 rings (SSSR count). The molecule has 0 saturated heterocycles. The maximum absolute atomic E-state index is 12.0. The molecule has 0 amide bonds. The smallest absolute Gasteiger partial charge is 0.306 e. The third-order valence-electron chi connectivity index (χ3n) is 2.44. The number of ether oxygens (including phenoxy) is 1. The molecule has 0 fully saturated rings.